The summed E-state index contributed by atoms with van der Waals surface area (Å²) in [6.07, 6.45) is 2.45. The van der Waals surface area contributed by atoms with Crippen LogP contribution in [-0.2, 0) is 0 Å². The molecule has 3 heteroatoms. The van der Waals surface area contributed by atoms with E-state index in [2.05, 4.69) is 30.1 Å². The highest BCUT2D eigenvalue weighted by Gasteiger charge is 2.33. The van der Waals surface area contributed by atoms with Crippen LogP contribution in [0.5, 0.6) is 0 Å². The van der Waals surface area contributed by atoms with Crippen LogP contribution in [0, 0.1) is 11.7 Å². The Kier molecular flexibility index (Phi) is 4.94. The number of likely N-dealkylation sites (tertiary alicyclic amines) is 1. The van der Waals surface area contributed by atoms with Crippen LogP contribution in [0.2, 0.25) is 0 Å². The number of benzene rings is 1. The van der Waals surface area contributed by atoms with Crippen molar-refractivity contribution >= 4 is 0 Å². The van der Waals surface area contributed by atoms with Crippen LogP contribution in [0.1, 0.15) is 38.3 Å². The molecule has 1 N–H and O–H groups in total. The average Bonchev–Trinajstić information content (AvgIpc) is 2.38. The lowest BCUT2D eigenvalue weighted by molar-refractivity contribution is 0.0634. The molecule has 1 saturated heterocycles. The zero-order valence-corrected chi connectivity index (χ0v) is 12.2. The van der Waals surface area contributed by atoms with E-state index in [0.29, 0.717) is 18.0 Å². The molecule has 0 aromatic heterocycles. The molecule has 0 aliphatic carbocycles. The molecular weight excluding hydrogens is 239 g/mol. The number of rotatable bonds is 4. The van der Waals surface area contributed by atoms with Crippen LogP contribution >= 0.6 is 0 Å². The highest BCUT2D eigenvalue weighted by molar-refractivity contribution is 5.22. The topological polar surface area (TPSA) is 15.3 Å². The fraction of sp³-hybridized carbons (Fsp3) is 0.625. The molecule has 1 aromatic rings. The van der Waals surface area contributed by atoms with Crippen molar-refractivity contribution in [3.63, 3.8) is 0 Å². The lowest BCUT2D eigenvalue weighted by Gasteiger charge is -2.44. The second-order valence-corrected chi connectivity index (χ2v) is 5.79. The zero-order valence-electron chi connectivity index (χ0n) is 12.2. The Bertz CT molecular complexity index is 403. The maximum absolute atomic E-state index is 13.5. The lowest BCUT2D eigenvalue weighted by atomic mass is 9.83. The van der Waals surface area contributed by atoms with Gasteiger partial charge in [0.2, 0.25) is 0 Å². The SMILES string of the molecule is CNCC1CCCN(C(C)C)C1c1cccc(F)c1. The van der Waals surface area contributed by atoms with Gasteiger partial charge in [-0.3, -0.25) is 4.90 Å². The minimum absolute atomic E-state index is 0.130. The number of nitrogens with zero attached hydrogens (tertiary/aromatic N) is 1. The molecule has 19 heavy (non-hydrogen) atoms. The smallest absolute Gasteiger partial charge is 0.123 e. The summed E-state index contributed by atoms with van der Waals surface area (Å²) in [5.41, 5.74) is 1.12. The molecule has 0 bridgehead atoms. The third-order valence-corrected chi connectivity index (χ3v) is 4.11. The minimum atomic E-state index is -0.130. The molecule has 0 spiro atoms. The molecule has 0 amide bonds. The van der Waals surface area contributed by atoms with Gasteiger partial charge in [0, 0.05) is 12.1 Å². The first-order valence-electron chi connectivity index (χ1n) is 7.29. The van der Waals surface area contributed by atoms with Crippen molar-refractivity contribution in [3.05, 3.63) is 35.6 Å². The van der Waals surface area contributed by atoms with E-state index in [9.17, 15) is 4.39 Å². The number of piperidine rings is 1. The van der Waals surface area contributed by atoms with Gasteiger partial charge in [0.1, 0.15) is 5.82 Å². The Labute approximate surface area is 116 Å². The highest BCUT2D eigenvalue weighted by Crippen LogP contribution is 2.37. The zero-order chi connectivity index (χ0) is 13.8. The summed E-state index contributed by atoms with van der Waals surface area (Å²) in [7, 11) is 2.00. The van der Waals surface area contributed by atoms with Gasteiger partial charge in [-0.1, -0.05) is 12.1 Å². The molecule has 0 saturated carbocycles. The predicted molar refractivity (Wildman–Crippen MR) is 77.6 cm³/mol. The van der Waals surface area contributed by atoms with Crippen molar-refractivity contribution in [2.24, 2.45) is 5.92 Å². The first-order chi connectivity index (χ1) is 9.13. The number of hydrogen-bond donors (Lipinski definition) is 1. The third-order valence-electron chi connectivity index (χ3n) is 4.11. The summed E-state index contributed by atoms with van der Waals surface area (Å²) in [6.45, 7) is 6.56. The van der Waals surface area contributed by atoms with Gasteiger partial charge >= 0.3 is 0 Å². The summed E-state index contributed by atoms with van der Waals surface area (Å²) in [4.78, 5) is 2.51. The van der Waals surface area contributed by atoms with E-state index in [1.807, 2.05) is 13.1 Å². The van der Waals surface area contributed by atoms with E-state index >= 15 is 0 Å². The molecule has 2 unspecified atom stereocenters. The van der Waals surface area contributed by atoms with Gasteiger partial charge in [-0.05, 0) is 70.4 Å². The quantitative estimate of drug-likeness (QED) is 0.898. The van der Waals surface area contributed by atoms with Crippen molar-refractivity contribution in [1.29, 1.82) is 0 Å². The Morgan fingerprint density at radius 2 is 2.21 bits per heavy atom. The highest BCUT2D eigenvalue weighted by atomic mass is 19.1. The monoisotopic (exact) mass is 264 g/mol. The Morgan fingerprint density at radius 3 is 2.84 bits per heavy atom. The summed E-state index contributed by atoms with van der Waals surface area (Å²) >= 11 is 0. The summed E-state index contributed by atoms with van der Waals surface area (Å²) in [6, 6.07) is 7.95. The summed E-state index contributed by atoms with van der Waals surface area (Å²) in [5.74, 6) is 0.429. The van der Waals surface area contributed by atoms with E-state index in [1.54, 1.807) is 6.07 Å². The number of halogens is 1. The normalized spacial score (nSPS) is 24.9. The van der Waals surface area contributed by atoms with Crippen LogP contribution in [0.25, 0.3) is 0 Å². The van der Waals surface area contributed by atoms with E-state index in [4.69, 9.17) is 0 Å². The molecule has 0 radical (unpaired) electrons. The Balaban J connectivity index is 2.31. The van der Waals surface area contributed by atoms with Crippen LogP contribution in [0.3, 0.4) is 0 Å². The molecule has 1 heterocycles. The average molecular weight is 264 g/mol. The number of nitrogens with one attached hydrogen (secondary N) is 1. The van der Waals surface area contributed by atoms with Crippen LogP contribution in [0.4, 0.5) is 4.39 Å². The van der Waals surface area contributed by atoms with Crippen LogP contribution in [0.15, 0.2) is 24.3 Å². The standard InChI is InChI=1S/C16H25FN2/c1-12(2)19-9-5-7-14(11-18-3)16(19)13-6-4-8-15(17)10-13/h4,6,8,10,12,14,16,18H,5,7,9,11H2,1-3H3. The summed E-state index contributed by atoms with van der Waals surface area (Å²) in [5, 5.41) is 3.29. The van der Waals surface area contributed by atoms with Gasteiger partial charge in [0.05, 0.1) is 0 Å². The van der Waals surface area contributed by atoms with Crippen molar-refractivity contribution in [1.82, 2.24) is 10.2 Å². The largest absolute Gasteiger partial charge is 0.319 e. The Hall–Kier alpha value is -0.930. The molecule has 2 nitrogen and oxygen atoms in total. The van der Waals surface area contributed by atoms with Gasteiger partial charge in [-0.25, -0.2) is 4.39 Å². The minimum Gasteiger partial charge on any atom is -0.319 e. The van der Waals surface area contributed by atoms with E-state index in [-0.39, 0.29) is 5.82 Å². The lowest BCUT2D eigenvalue weighted by Crippen LogP contribution is -2.45. The van der Waals surface area contributed by atoms with Crippen molar-refractivity contribution in [2.75, 3.05) is 20.1 Å². The molecule has 1 fully saturated rings. The fourth-order valence-electron chi connectivity index (χ4n) is 3.31. The van der Waals surface area contributed by atoms with Gasteiger partial charge < -0.3 is 5.32 Å². The van der Waals surface area contributed by atoms with E-state index < -0.39 is 0 Å². The van der Waals surface area contributed by atoms with Gasteiger partial charge in [0.15, 0.2) is 0 Å². The van der Waals surface area contributed by atoms with E-state index in [0.717, 1.165) is 18.7 Å². The van der Waals surface area contributed by atoms with Gasteiger partial charge in [0.25, 0.3) is 0 Å². The fourth-order valence-corrected chi connectivity index (χ4v) is 3.31. The van der Waals surface area contributed by atoms with Crippen molar-refractivity contribution in [3.8, 4) is 0 Å². The van der Waals surface area contributed by atoms with E-state index in [1.165, 1.54) is 18.9 Å². The Morgan fingerprint density at radius 1 is 1.42 bits per heavy atom. The van der Waals surface area contributed by atoms with Crippen LogP contribution in [-0.4, -0.2) is 31.1 Å². The van der Waals surface area contributed by atoms with Crippen molar-refractivity contribution in [2.45, 2.75) is 38.8 Å². The molecule has 106 valence electrons. The van der Waals surface area contributed by atoms with Crippen LogP contribution < -0.4 is 5.32 Å². The second kappa shape index (κ2) is 6.49. The van der Waals surface area contributed by atoms with Crippen molar-refractivity contribution < 1.29 is 4.39 Å². The molecule has 2 atom stereocenters. The molecular formula is C16H25FN2. The maximum atomic E-state index is 13.5. The van der Waals surface area contributed by atoms with Gasteiger partial charge in [-0.2, -0.15) is 0 Å². The molecule has 1 aliphatic rings. The third kappa shape index (κ3) is 3.34. The number of hydrogen-bond acceptors (Lipinski definition) is 2. The first-order valence-corrected chi connectivity index (χ1v) is 7.29. The predicted octanol–water partition coefficient (Wildman–Crippen LogP) is 3.21. The molecule has 1 aliphatic heterocycles. The first kappa shape index (κ1) is 14.5. The second-order valence-electron chi connectivity index (χ2n) is 5.79. The molecule has 2 rings (SSSR count). The molecule has 1 aromatic carbocycles. The maximum Gasteiger partial charge on any atom is 0.123 e. The van der Waals surface area contributed by atoms with Gasteiger partial charge in [-0.15, -0.1) is 0 Å². The summed E-state index contributed by atoms with van der Waals surface area (Å²) < 4.78 is 13.5.